The van der Waals surface area contributed by atoms with Gasteiger partial charge in [0.05, 0.1) is 11.0 Å². The van der Waals surface area contributed by atoms with Gasteiger partial charge in [0.15, 0.2) is 0 Å². The van der Waals surface area contributed by atoms with Gasteiger partial charge in [-0.1, -0.05) is 17.7 Å². The first-order valence-corrected chi connectivity index (χ1v) is 8.95. The molecule has 0 heterocycles. The van der Waals surface area contributed by atoms with Crippen LogP contribution < -0.4 is 5.32 Å². The summed E-state index contributed by atoms with van der Waals surface area (Å²) in [5, 5.41) is 2.70. The highest BCUT2D eigenvalue weighted by atomic mass is 32.2. The third-order valence-electron chi connectivity index (χ3n) is 3.39. The number of ether oxygens (including phenoxy) is 1. The Morgan fingerprint density at radius 3 is 2.26 bits per heavy atom. The van der Waals surface area contributed by atoms with E-state index in [2.05, 4.69) is 5.32 Å². The summed E-state index contributed by atoms with van der Waals surface area (Å²) in [7, 11) is -3.76. The zero-order valence-electron chi connectivity index (χ0n) is 13.8. The van der Waals surface area contributed by atoms with E-state index in [1.54, 1.807) is 32.9 Å². The lowest BCUT2D eigenvalue weighted by Crippen LogP contribution is -2.49. The van der Waals surface area contributed by atoms with Crippen LogP contribution in [0.2, 0.25) is 0 Å². The minimum Gasteiger partial charge on any atom is -0.444 e. The van der Waals surface area contributed by atoms with E-state index in [-0.39, 0.29) is 10.9 Å². The number of hydrogen-bond acceptors (Lipinski definition) is 5. The van der Waals surface area contributed by atoms with Crippen molar-refractivity contribution in [3.63, 3.8) is 0 Å². The number of aryl methyl sites for hydroxylation is 1. The summed E-state index contributed by atoms with van der Waals surface area (Å²) in [6.45, 7) is 7.24. The number of carbonyl (C=O) groups is 1. The van der Waals surface area contributed by atoms with Crippen molar-refractivity contribution in [1.82, 2.24) is 5.32 Å². The lowest BCUT2D eigenvalue weighted by atomic mass is 9.90. The summed E-state index contributed by atoms with van der Waals surface area (Å²) in [6.07, 6.45) is -0.0159. The summed E-state index contributed by atoms with van der Waals surface area (Å²) in [5.41, 5.74) is 0.424. The molecule has 0 spiro atoms. The van der Waals surface area contributed by atoms with Crippen LogP contribution in [0.5, 0.6) is 0 Å². The van der Waals surface area contributed by atoms with Crippen LogP contribution in [-0.2, 0) is 19.0 Å². The van der Waals surface area contributed by atoms with Gasteiger partial charge in [-0.15, -0.1) is 0 Å². The van der Waals surface area contributed by atoms with Crippen LogP contribution in [0.3, 0.4) is 0 Å². The van der Waals surface area contributed by atoms with Crippen LogP contribution in [0.15, 0.2) is 29.2 Å². The van der Waals surface area contributed by atoms with E-state index < -0.39 is 27.9 Å². The maximum atomic E-state index is 12.1. The van der Waals surface area contributed by atoms with Crippen molar-refractivity contribution in [2.24, 2.45) is 0 Å². The second kappa shape index (κ2) is 6.49. The third-order valence-corrected chi connectivity index (χ3v) is 4.76. The Bertz CT molecular complexity index is 655. The van der Waals surface area contributed by atoms with E-state index in [4.69, 9.17) is 8.92 Å². The second-order valence-electron chi connectivity index (χ2n) is 6.80. The molecule has 1 aliphatic carbocycles. The molecular weight excluding hydrogens is 318 g/mol. The Balaban J connectivity index is 1.81. The van der Waals surface area contributed by atoms with Gasteiger partial charge in [-0.05, 0) is 52.7 Å². The number of alkyl carbamates (subject to hydrolysis) is 1. The Morgan fingerprint density at radius 1 is 1.17 bits per heavy atom. The van der Waals surface area contributed by atoms with Crippen LogP contribution in [0.25, 0.3) is 0 Å². The van der Waals surface area contributed by atoms with Crippen molar-refractivity contribution in [2.75, 3.05) is 0 Å². The number of nitrogens with one attached hydrogen (secondary N) is 1. The first-order chi connectivity index (χ1) is 10.5. The van der Waals surface area contributed by atoms with Crippen molar-refractivity contribution < 1.29 is 22.1 Å². The fraction of sp³-hybridized carbons (Fsp3) is 0.562. The quantitative estimate of drug-likeness (QED) is 0.852. The van der Waals surface area contributed by atoms with Crippen molar-refractivity contribution in [2.45, 2.75) is 63.2 Å². The zero-order chi connectivity index (χ0) is 17.3. The number of carbonyl (C=O) groups excluding carboxylic acids is 1. The first-order valence-electron chi connectivity index (χ1n) is 7.55. The molecule has 7 heteroatoms. The molecule has 1 saturated carbocycles. The zero-order valence-corrected chi connectivity index (χ0v) is 14.6. The van der Waals surface area contributed by atoms with Gasteiger partial charge in [-0.2, -0.15) is 8.42 Å². The highest BCUT2D eigenvalue weighted by Gasteiger charge is 2.36. The first kappa shape index (κ1) is 17.7. The molecule has 0 unspecified atom stereocenters. The fourth-order valence-corrected chi connectivity index (χ4v) is 3.27. The van der Waals surface area contributed by atoms with E-state index in [1.165, 1.54) is 12.1 Å². The van der Waals surface area contributed by atoms with E-state index >= 15 is 0 Å². The molecule has 2 rings (SSSR count). The molecule has 128 valence electrons. The summed E-state index contributed by atoms with van der Waals surface area (Å²) < 4.78 is 34.6. The fourth-order valence-electron chi connectivity index (χ4n) is 2.18. The number of benzene rings is 1. The normalized spacial score (nSPS) is 21.4. The molecule has 1 aromatic carbocycles. The van der Waals surface area contributed by atoms with E-state index in [9.17, 15) is 13.2 Å². The van der Waals surface area contributed by atoms with Crippen molar-refractivity contribution in [3.05, 3.63) is 29.8 Å². The predicted molar refractivity (Wildman–Crippen MR) is 85.6 cm³/mol. The number of hydrogen-bond donors (Lipinski definition) is 1. The van der Waals surface area contributed by atoms with Crippen molar-refractivity contribution in [1.29, 1.82) is 0 Å². The van der Waals surface area contributed by atoms with Gasteiger partial charge in [0, 0.05) is 6.04 Å². The van der Waals surface area contributed by atoms with Gasteiger partial charge in [0.2, 0.25) is 0 Å². The monoisotopic (exact) mass is 341 g/mol. The van der Waals surface area contributed by atoms with Crippen molar-refractivity contribution >= 4 is 16.2 Å². The van der Waals surface area contributed by atoms with Crippen LogP contribution in [0.4, 0.5) is 4.79 Å². The largest absolute Gasteiger partial charge is 0.444 e. The third kappa shape index (κ3) is 5.21. The summed E-state index contributed by atoms with van der Waals surface area (Å²) in [5.74, 6) is 0. The molecule has 0 aromatic heterocycles. The highest BCUT2D eigenvalue weighted by molar-refractivity contribution is 7.86. The predicted octanol–water partition coefficient (Wildman–Crippen LogP) is 2.76. The molecule has 1 fully saturated rings. The van der Waals surface area contributed by atoms with Crippen LogP contribution in [-0.4, -0.2) is 32.3 Å². The SMILES string of the molecule is Cc1ccc(S(=O)(=O)OC2CC(NC(=O)OC(C)(C)C)C2)cc1. The summed E-state index contributed by atoms with van der Waals surface area (Å²) >= 11 is 0. The minimum atomic E-state index is -3.76. The lowest BCUT2D eigenvalue weighted by Gasteiger charge is -2.35. The van der Waals surface area contributed by atoms with E-state index in [0.717, 1.165) is 5.56 Å². The van der Waals surface area contributed by atoms with Gasteiger partial charge >= 0.3 is 6.09 Å². The van der Waals surface area contributed by atoms with Gasteiger partial charge in [0.1, 0.15) is 5.60 Å². The molecule has 1 aliphatic rings. The molecule has 1 aromatic rings. The molecule has 0 aliphatic heterocycles. The van der Waals surface area contributed by atoms with E-state index in [0.29, 0.717) is 12.8 Å². The Hall–Kier alpha value is -1.60. The molecule has 0 bridgehead atoms. The lowest BCUT2D eigenvalue weighted by molar-refractivity contribution is 0.0376. The van der Waals surface area contributed by atoms with Crippen LogP contribution in [0.1, 0.15) is 39.2 Å². The number of amides is 1. The molecule has 6 nitrogen and oxygen atoms in total. The minimum absolute atomic E-state index is 0.122. The number of rotatable bonds is 4. The van der Waals surface area contributed by atoms with Crippen molar-refractivity contribution in [3.8, 4) is 0 Å². The molecular formula is C16H23NO5S. The second-order valence-corrected chi connectivity index (χ2v) is 8.37. The highest BCUT2D eigenvalue weighted by Crippen LogP contribution is 2.27. The van der Waals surface area contributed by atoms with Gasteiger partial charge in [-0.25, -0.2) is 4.79 Å². The van der Waals surface area contributed by atoms with E-state index in [1.807, 2.05) is 6.92 Å². The smallest absolute Gasteiger partial charge is 0.407 e. The summed E-state index contributed by atoms with van der Waals surface area (Å²) in [4.78, 5) is 11.8. The van der Waals surface area contributed by atoms with Gasteiger partial charge in [-0.3, -0.25) is 4.18 Å². The molecule has 23 heavy (non-hydrogen) atoms. The molecule has 1 amide bonds. The van der Waals surface area contributed by atoms with Gasteiger partial charge < -0.3 is 10.1 Å². The maximum Gasteiger partial charge on any atom is 0.407 e. The molecule has 0 saturated heterocycles. The standard InChI is InChI=1S/C16H23NO5S/c1-11-5-7-14(8-6-11)23(19,20)22-13-9-12(10-13)17-15(18)21-16(2,3)4/h5-8,12-13H,9-10H2,1-4H3,(H,17,18). The molecule has 1 N–H and O–H groups in total. The van der Waals surface area contributed by atoms with Gasteiger partial charge in [0.25, 0.3) is 10.1 Å². The maximum absolute atomic E-state index is 12.1. The van der Waals surface area contributed by atoms with Crippen LogP contribution >= 0.6 is 0 Å². The molecule has 0 atom stereocenters. The van der Waals surface area contributed by atoms with Crippen LogP contribution in [0, 0.1) is 6.92 Å². The molecule has 0 radical (unpaired) electrons. The topological polar surface area (TPSA) is 81.7 Å². The average Bonchev–Trinajstić information content (AvgIpc) is 2.34. The average molecular weight is 341 g/mol. The summed E-state index contributed by atoms with van der Waals surface area (Å²) in [6, 6.07) is 6.39. The Morgan fingerprint density at radius 2 is 1.74 bits per heavy atom. The Kier molecular flexibility index (Phi) is 5.01. The Labute approximate surface area is 137 Å².